The summed E-state index contributed by atoms with van der Waals surface area (Å²) in [5.74, 6) is 0.351. The molecule has 0 N–H and O–H groups in total. The van der Waals surface area contributed by atoms with Crippen molar-refractivity contribution in [3.8, 4) is 16.9 Å². The molecule has 3 heterocycles. The number of nitrogens with zero attached hydrogens (tertiary/aromatic N) is 5. The van der Waals surface area contributed by atoms with E-state index < -0.39 is 12.2 Å². The Morgan fingerprint density at radius 2 is 1.91 bits per heavy atom. The summed E-state index contributed by atoms with van der Waals surface area (Å²) in [6, 6.07) is 9.17. The van der Waals surface area contributed by atoms with E-state index in [1.54, 1.807) is 28.1 Å². The van der Waals surface area contributed by atoms with Gasteiger partial charge in [-0.3, -0.25) is 19.5 Å². The normalized spacial score (nSPS) is 17.6. The molecule has 1 aliphatic heterocycles. The van der Waals surface area contributed by atoms with Gasteiger partial charge in [0.05, 0.1) is 49.5 Å². The Morgan fingerprint density at radius 1 is 1.06 bits per heavy atom. The Kier molecular flexibility index (Phi) is 5.01. The number of fused-ring (bicyclic) bond motifs is 1. The number of hydrogen-bond acceptors (Lipinski definition) is 6. The van der Waals surface area contributed by atoms with Gasteiger partial charge in [-0.25, -0.2) is 9.59 Å². The number of amides is 2. The van der Waals surface area contributed by atoms with Crippen molar-refractivity contribution in [1.29, 1.82) is 0 Å². The molecule has 0 unspecified atom stereocenters. The molecule has 0 spiro atoms. The molecule has 1 aromatic carbocycles. The van der Waals surface area contributed by atoms with Crippen molar-refractivity contribution in [3.05, 3.63) is 55.1 Å². The lowest BCUT2D eigenvalue weighted by atomic mass is 10.0. The van der Waals surface area contributed by atoms with Gasteiger partial charge in [0.2, 0.25) is 0 Å². The van der Waals surface area contributed by atoms with Gasteiger partial charge in [0.1, 0.15) is 0 Å². The Hall–Kier alpha value is -3.88. The third kappa shape index (κ3) is 3.66. The molecule has 164 valence electrons. The van der Waals surface area contributed by atoms with E-state index in [-0.39, 0.29) is 12.6 Å². The lowest BCUT2D eigenvalue weighted by Gasteiger charge is -2.39. The minimum atomic E-state index is -0.540. The van der Waals surface area contributed by atoms with Crippen molar-refractivity contribution in [3.63, 3.8) is 0 Å². The predicted octanol–water partition coefficient (Wildman–Crippen LogP) is 4.26. The molecule has 2 aliphatic rings. The van der Waals surface area contributed by atoms with Gasteiger partial charge in [-0.2, -0.15) is 5.10 Å². The monoisotopic (exact) mass is 433 g/mol. The van der Waals surface area contributed by atoms with Crippen molar-refractivity contribution < 1.29 is 19.1 Å². The van der Waals surface area contributed by atoms with E-state index in [2.05, 4.69) is 10.1 Å². The van der Waals surface area contributed by atoms with Crippen LogP contribution in [0, 0.1) is 0 Å². The van der Waals surface area contributed by atoms with Crippen LogP contribution in [0.1, 0.15) is 25.8 Å². The van der Waals surface area contributed by atoms with Crippen LogP contribution in [0.5, 0.6) is 5.75 Å². The summed E-state index contributed by atoms with van der Waals surface area (Å²) in [7, 11) is 1.35. The minimum absolute atomic E-state index is 0.256. The molecule has 3 aromatic rings. The van der Waals surface area contributed by atoms with Crippen LogP contribution in [0.3, 0.4) is 0 Å². The molecule has 9 heteroatoms. The first kappa shape index (κ1) is 20.0. The molecule has 5 rings (SSSR count). The predicted molar refractivity (Wildman–Crippen MR) is 118 cm³/mol. The van der Waals surface area contributed by atoms with Gasteiger partial charge in [-0.05, 0) is 49.6 Å². The highest BCUT2D eigenvalue weighted by Crippen LogP contribution is 2.40. The van der Waals surface area contributed by atoms with E-state index in [1.165, 1.54) is 13.3 Å². The molecule has 2 aromatic heterocycles. The highest BCUT2D eigenvalue weighted by atomic mass is 16.6. The summed E-state index contributed by atoms with van der Waals surface area (Å²) in [5.41, 5.74) is 2.99. The Morgan fingerprint density at radius 3 is 2.62 bits per heavy atom. The molecule has 1 saturated carbocycles. The molecule has 0 bridgehead atoms. The smallest absolute Gasteiger partial charge is 0.419 e. The van der Waals surface area contributed by atoms with Crippen LogP contribution in [0.4, 0.5) is 21.0 Å². The first-order valence-electron chi connectivity index (χ1n) is 10.5. The van der Waals surface area contributed by atoms with Crippen molar-refractivity contribution in [2.45, 2.75) is 31.8 Å². The largest absolute Gasteiger partial charge is 0.452 e. The zero-order valence-electron chi connectivity index (χ0n) is 17.8. The first-order valence-corrected chi connectivity index (χ1v) is 10.5. The molecule has 1 atom stereocenters. The minimum Gasteiger partial charge on any atom is -0.452 e. The van der Waals surface area contributed by atoms with Crippen LogP contribution in [-0.2, 0) is 4.74 Å². The van der Waals surface area contributed by atoms with Gasteiger partial charge >= 0.3 is 12.2 Å². The second-order valence-electron chi connectivity index (χ2n) is 8.00. The fourth-order valence-electron chi connectivity index (χ4n) is 3.94. The van der Waals surface area contributed by atoms with E-state index in [0.29, 0.717) is 23.2 Å². The van der Waals surface area contributed by atoms with Crippen molar-refractivity contribution in [2.24, 2.45) is 0 Å². The number of rotatable bonds is 3. The Balaban J connectivity index is 1.53. The number of carbonyl (C=O) groups is 2. The summed E-state index contributed by atoms with van der Waals surface area (Å²) in [6.07, 6.45) is 8.20. The standard InChI is InChI=1S/C23H23N5O4/c1-15-13-26(22(29)32-19-4-3-9-24-12-19)21-10-16(5-8-20(21)28(15)23(30)31-2)17-11-25-27(14-17)18-6-7-18/h3-5,8-12,14-15,18H,6-7,13H2,1-2H3/t15-/m0/s1. The number of benzene rings is 1. The number of aromatic nitrogens is 3. The van der Waals surface area contributed by atoms with Crippen LogP contribution in [-0.4, -0.2) is 46.6 Å². The van der Waals surface area contributed by atoms with E-state index in [0.717, 1.165) is 24.0 Å². The second-order valence-corrected chi connectivity index (χ2v) is 8.00. The van der Waals surface area contributed by atoms with Gasteiger partial charge in [0, 0.05) is 18.0 Å². The van der Waals surface area contributed by atoms with Crippen LogP contribution in [0.25, 0.3) is 11.1 Å². The zero-order valence-corrected chi connectivity index (χ0v) is 17.8. The Labute approximate surface area is 185 Å². The third-order valence-electron chi connectivity index (χ3n) is 5.70. The van der Waals surface area contributed by atoms with Crippen LogP contribution in [0.15, 0.2) is 55.1 Å². The summed E-state index contributed by atoms with van der Waals surface area (Å²) >= 11 is 0. The maximum Gasteiger partial charge on any atom is 0.419 e. The van der Waals surface area contributed by atoms with Crippen LogP contribution < -0.4 is 14.5 Å². The number of ether oxygens (including phenoxy) is 2. The van der Waals surface area contributed by atoms with E-state index in [9.17, 15) is 9.59 Å². The molecule has 1 aliphatic carbocycles. The summed E-state index contributed by atoms with van der Waals surface area (Å²) in [5, 5.41) is 4.47. The van der Waals surface area contributed by atoms with E-state index in [4.69, 9.17) is 9.47 Å². The molecule has 32 heavy (non-hydrogen) atoms. The van der Waals surface area contributed by atoms with Crippen molar-refractivity contribution in [2.75, 3.05) is 23.5 Å². The van der Waals surface area contributed by atoms with Gasteiger partial charge in [0.25, 0.3) is 0 Å². The molecule has 0 radical (unpaired) electrons. The quantitative estimate of drug-likeness (QED) is 0.613. The van der Waals surface area contributed by atoms with Gasteiger partial charge in [-0.15, -0.1) is 0 Å². The number of pyridine rings is 1. The van der Waals surface area contributed by atoms with E-state index >= 15 is 0 Å². The van der Waals surface area contributed by atoms with Crippen LogP contribution in [0.2, 0.25) is 0 Å². The van der Waals surface area contributed by atoms with Crippen LogP contribution >= 0.6 is 0 Å². The zero-order chi connectivity index (χ0) is 22.2. The number of hydrogen-bond donors (Lipinski definition) is 0. The Bertz CT molecular complexity index is 1160. The van der Waals surface area contributed by atoms with Crippen molar-refractivity contribution >= 4 is 23.6 Å². The third-order valence-corrected chi connectivity index (χ3v) is 5.70. The molecular weight excluding hydrogens is 410 g/mol. The molecule has 0 saturated heterocycles. The molecule has 2 amide bonds. The topological polar surface area (TPSA) is 89.8 Å². The average Bonchev–Trinajstić information content (AvgIpc) is 3.55. The number of methoxy groups -OCH3 is 1. The van der Waals surface area contributed by atoms with E-state index in [1.807, 2.05) is 42.2 Å². The SMILES string of the molecule is COC(=O)N1c2ccc(-c3cnn(C4CC4)c3)cc2N(C(=O)Oc2cccnc2)C[C@@H]1C. The fourth-order valence-corrected chi connectivity index (χ4v) is 3.94. The summed E-state index contributed by atoms with van der Waals surface area (Å²) < 4.78 is 12.5. The maximum atomic E-state index is 13.1. The van der Waals surface area contributed by atoms with Crippen molar-refractivity contribution in [1.82, 2.24) is 14.8 Å². The van der Waals surface area contributed by atoms with Gasteiger partial charge in [-0.1, -0.05) is 6.07 Å². The highest BCUT2D eigenvalue weighted by Gasteiger charge is 2.36. The first-order chi connectivity index (χ1) is 15.5. The lowest BCUT2D eigenvalue weighted by molar-refractivity contribution is 0.175. The van der Waals surface area contributed by atoms with Gasteiger partial charge in [0.15, 0.2) is 5.75 Å². The fraction of sp³-hybridized carbons (Fsp3) is 0.304. The number of anilines is 2. The van der Waals surface area contributed by atoms with Gasteiger partial charge < -0.3 is 9.47 Å². The number of carbonyl (C=O) groups excluding carboxylic acids is 2. The summed E-state index contributed by atoms with van der Waals surface area (Å²) in [6.45, 7) is 2.11. The average molecular weight is 433 g/mol. The second kappa shape index (κ2) is 7.99. The lowest BCUT2D eigenvalue weighted by Crippen LogP contribution is -2.52. The molecular formula is C23H23N5O4. The highest BCUT2D eigenvalue weighted by molar-refractivity contribution is 6.02. The summed E-state index contributed by atoms with van der Waals surface area (Å²) in [4.78, 5) is 32.7. The molecule has 1 fully saturated rings. The maximum absolute atomic E-state index is 13.1. The molecule has 9 nitrogen and oxygen atoms in total.